The molecule has 0 aromatic carbocycles. The number of hydrazine groups is 1. The van der Waals surface area contributed by atoms with Gasteiger partial charge in [0.25, 0.3) is 5.91 Å². The molecule has 0 spiro atoms. The van der Waals surface area contributed by atoms with Gasteiger partial charge in [-0.15, -0.1) is 11.3 Å². The Morgan fingerprint density at radius 1 is 1.03 bits per heavy atom. The standard InChI is InChI=1S/C23H32N2O4S/c1-12-8-16(17(22(28)29)9-13(12)2)20(26)24-25-21(27)18-11-30-19-10-14(23(3,4)5)6-7-15(18)19/h11,14,16-17H,6-10H2,1-5H3,(H,24,26)(H,25,27)(H,28,29)/p-1. The topological polar surface area (TPSA) is 98.3 Å². The van der Waals surface area contributed by atoms with Crippen LogP contribution in [0.3, 0.4) is 0 Å². The number of nitrogens with one attached hydrogen (secondary N) is 2. The highest BCUT2D eigenvalue weighted by Crippen LogP contribution is 2.40. The summed E-state index contributed by atoms with van der Waals surface area (Å²) in [5, 5.41) is 13.4. The largest absolute Gasteiger partial charge is 0.550 e. The fourth-order valence-electron chi connectivity index (χ4n) is 4.54. The molecule has 1 aromatic rings. The second-order valence-corrected chi connectivity index (χ2v) is 10.8. The monoisotopic (exact) mass is 431 g/mol. The molecule has 2 aliphatic rings. The molecule has 2 N–H and O–H groups in total. The van der Waals surface area contributed by atoms with E-state index < -0.39 is 23.7 Å². The Labute approximate surface area is 182 Å². The van der Waals surface area contributed by atoms with Gasteiger partial charge in [-0.1, -0.05) is 31.9 Å². The zero-order chi connectivity index (χ0) is 22.2. The Morgan fingerprint density at radius 3 is 2.27 bits per heavy atom. The summed E-state index contributed by atoms with van der Waals surface area (Å²) in [5.41, 5.74) is 8.86. The smallest absolute Gasteiger partial charge is 0.270 e. The third kappa shape index (κ3) is 4.61. The van der Waals surface area contributed by atoms with Crippen molar-refractivity contribution in [2.45, 2.75) is 66.7 Å². The zero-order valence-electron chi connectivity index (χ0n) is 18.4. The highest BCUT2D eigenvalue weighted by molar-refractivity contribution is 7.10. The molecule has 0 fully saturated rings. The van der Waals surface area contributed by atoms with Crippen LogP contribution in [0.4, 0.5) is 0 Å². The third-order valence-electron chi connectivity index (χ3n) is 6.83. The van der Waals surface area contributed by atoms with Crippen molar-refractivity contribution < 1.29 is 19.5 Å². The maximum Gasteiger partial charge on any atom is 0.270 e. The highest BCUT2D eigenvalue weighted by Gasteiger charge is 2.34. The van der Waals surface area contributed by atoms with Crippen molar-refractivity contribution in [3.63, 3.8) is 0 Å². The lowest BCUT2D eigenvalue weighted by Gasteiger charge is -2.34. The number of amides is 2. The molecule has 0 saturated heterocycles. The molecule has 0 aliphatic heterocycles. The lowest BCUT2D eigenvalue weighted by atomic mass is 9.72. The van der Waals surface area contributed by atoms with Crippen LogP contribution in [0.1, 0.15) is 74.7 Å². The summed E-state index contributed by atoms with van der Waals surface area (Å²) < 4.78 is 0. The first kappa shape index (κ1) is 22.5. The predicted molar refractivity (Wildman–Crippen MR) is 114 cm³/mol. The molecule has 3 rings (SSSR count). The number of aliphatic carboxylic acids is 1. The Hall–Kier alpha value is -2.15. The van der Waals surface area contributed by atoms with E-state index in [1.807, 2.05) is 19.2 Å². The molecule has 3 atom stereocenters. The first-order valence-electron chi connectivity index (χ1n) is 10.5. The van der Waals surface area contributed by atoms with Crippen molar-refractivity contribution in [1.82, 2.24) is 10.9 Å². The zero-order valence-corrected chi connectivity index (χ0v) is 19.2. The Morgan fingerprint density at radius 2 is 1.67 bits per heavy atom. The first-order chi connectivity index (χ1) is 14.0. The lowest BCUT2D eigenvalue weighted by Crippen LogP contribution is -2.50. The summed E-state index contributed by atoms with van der Waals surface area (Å²) in [5.74, 6) is -3.10. The van der Waals surface area contributed by atoms with Crippen LogP contribution in [-0.4, -0.2) is 17.8 Å². The van der Waals surface area contributed by atoms with Gasteiger partial charge < -0.3 is 9.90 Å². The molecule has 1 aromatic heterocycles. The minimum absolute atomic E-state index is 0.235. The fraction of sp³-hybridized carbons (Fsp3) is 0.609. The molecule has 0 saturated carbocycles. The normalized spacial score (nSPS) is 24.2. The van der Waals surface area contributed by atoms with E-state index in [4.69, 9.17) is 0 Å². The van der Waals surface area contributed by atoms with Gasteiger partial charge in [0.15, 0.2) is 0 Å². The lowest BCUT2D eigenvalue weighted by molar-refractivity contribution is -0.313. The molecule has 2 aliphatic carbocycles. The van der Waals surface area contributed by atoms with Gasteiger partial charge in [-0.2, -0.15) is 0 Å². The van der Waals surface area contributed by atoms with Crippen LogP contribution >= 0.6 is 11.3 Å². The van der Waals surface area contributed by atoms with Crippen LogP contribution in [-0.2, 0) is 22.4 Å². The van der Waals surface area contributed by atoms with Gasteiger partial charge in [0, 0.05) is 22.1 Å². The van der Waals surface area contributed by atoms with Gasteiger partial charge in [0.1, 0.15) is 0 Å². The van der Waals surface area contributed by atoms with Crippen molar-refractivity contribution in [1.29, 1.82) is 0 Å². The second kappa shape index (κ2) is 8.53. The Bertz CT molecular complexity index is 894. The van der Waals surface area contributed by atoms with E-state index in [9.17, 15) is 19.5 Å². The number of carboxylic acids is 1. The van der Waals surface area contributed by atoms with Crippen molar-refractivity contribution in [2.75, 3.05) is 0 Å². The predicted octanol–water partition coefficient (Wildman–Crippen LogP) is 2.77. The van der Waals surface area contributed by atoms with E-state index in [1.165, 1.54) is 4.88 Å². The number of carboxylic acid groups (broad SMARTS) is 1. The summed E-state index contributed by atoms with van der Waals surface area (Å²) in [6, 6.07) is 0. The Balaban J connectivity index is 1.65. The number of rotatable bonds is 3. The van der Waals surface area contributed by atoms with Gasteiger partial charge >= 0.3 is 0 Å². The minimum atomic E-state index is -1.23. The van der Waals surface area contributed by atoms with Gasteiger partial charge in [-0.25, -0.2) is 0 Å². The molecule has 2 amide bonds. The van der Waals surface area contributed by atoms with Gasteiger partial charge in [-0.05, 0) is 62.8 Å². The van der Waals surface area contributed by atoms with Crippen molar-refractivity contribution in [2.24, 2.45) is 23.2 Å². The van der Waals surface area contributed by atoms with E-state index in [2.05, 4.69) is 31.6 Å². The van der Waals surface area contributed by atoms with Gasteiger partial charge in [0.05, 0.1) is 11.5 Å². The summed E-state index contributed by atoms with van der Waals surface area (Å²) in [6.45, 7) is 10.5. The number of hydrogen-bond acceptors (Lipinski definition) is 5. The number of carbonyl (C=O) groups excluding carboxylic acids is 3. The second-order valence-electron chi connectivity index (χ2n) is 9.80. The maximum atomic E-state index is 12.7. The number of carbonyl (C=O) groups is 3. The molecule has 3 unspecified atom stereocenters. The van der Waals surface area contributed by atoms with Crippen molar-refractivity contribution in [3.05, 3.63) is 32.5 Å². The molecule has 0 bridgehead atoms. The Kier molecular flexibility index (Phi) is 6.41. The quantitative estimate of drug-likeness (QED) is 0.568. The van der Waals surface area contributed by atoms with Crippen LogP contribution in [0.25, 0.3) is 0 Å². The van der Waals surface area contributed by atoms with Crippen molar-refractivity contribution in [3.8, 4) is 0 Å². The van der Waals surface area contributed by atoms with E-state index in [0.717, 1.165) is 36.0 Å². The number of allylic oxidation sites excluding steroid dienone is 2. The summed E-state index contributed by atoms with van der Waals surface area (Å²) in [6.07, 6.45) is 3.53. The molecule has 0 radical (unpaired) electrons. The van der Waals surface area contributed by atoms with Crippen LogP contribution in [0.5, 0.6) is 0 Å². The summed E-state index contributed by atoms with van der Waals surface area (Å²) in [4.78, 5) is 38.1. The number of thiophene rings is 1. The molecule has 1 heterocycles. The molecular formula is C23H31N2O4S-. The number of fused-ring (bicyclic) bond motifs is 1. The van der Waals surface area contributed by atoms with Crippen LogP contribution in [0, 0.1) is 23.2 Å². The van der Waals surface area contributed by atoms with Crippen LogP contribution in [0.15, 0.2) is 16.5 Å². The van der Waals surface area contributed by atoms with E-state index in [0.29, 0.717) is 24.3 Å². The van der Waals surface area contributed by atoms with E-state index in [1.54, 1.807) is 11.3 Å². The van der Waals surface area contributed by atoms with E-state index in [-0.39, 0.29) is 11.3 Å². The minimum Gasteiger partial charge on any atom is -0.550 e. The third-order valence-corrected chi connectivity index (χ3v) is 7.88. The number of hydrogen-bond donors (Lipinski definition) is 2. The van der Waals surface area contributed by atoms with Crippen LogP contribution in [0.2, 0.25) is 0 Å². The van der Waals surface area contributed by atoms with Gasteiger partial charge in [0.2, 0.25) is 5.91 Å². The van der Waals surface area contributed by atoms with Gasteiger partial charge in [-0.3, -0.25) is 20.4 Å². The average Bonchev–Trinajstić information content (AvgIpc) is 3.10. The molecule has 7 heteroatoms. The highest BCUT2D eigenvalue weighted by atomic mass is 32.1. The maximum absolute atomic E-state index is 12.7. The molecule has 6 nitrogen and oxygen atoms in total. The fourth-order valence-corrected chi connectivity index (χ4v) is 5.70. The average molecular weight is 432 g/mol. The SMILES string of the molecule is CC1=C(C)CC(C(=O)NNC(=O)c2csc3c2CCC(C(C)(C)C)C3)C(C(=O)[O-])C1. The molecule has 164 valence electrons. The van der Waals surface area contributed by atoms with Crippen molar-refractivity contribution >= 4 is 29.1 Å². The molecular weight excluding hydrogens is 400 g/mol. The first-order valence-corrected chi connectivity index (χ1v) is 11.4. The summed E-state index contributed by atoms with van der Waals surface area (Å²) >= 11 is 1.60. The van der Waals surface area contributed by atoms with E-state index >= 15 is 0 Å². The summed E-state index contributed by atoms with van der Waals surface area (Å²) in [7, 11) is 0. The van der Waals surface area contributed by atoms with Crippen LogP contribution < -0.4 is 16.0 Å². The molecule has 30 heavy (non-hydrogen) atoms.